The summed E-state index contributed by atoms with van der Waals surface area (Å²) in [5.74, 6) is -1.18. The van der Waals surface area contributed by atoms with Crippen LogP contribution in [-0.2, 0) is 26.3 Å². The van der Waals surface area contributed by atoms with Gasteiger partial charge in [-0.3, -0.25) is 9.78 Å². The zero-order chi connectivity index (χ0) is 40.3. The maximum atomic E-state index is 15.0. The maximum Gasteiger partial charge on any atom is 0.266 e. The highest BCUT2D eigenvalue weighted by atomic mass is 32.2. The lowest BCUT2D eigenvalue weighted by Gasteiger charge is -2.40. The van der Waals surface area contributed by atoms with Crippen LogP contribution in [0.25, 0.3) is 11.0 Å². The third kappa shape index (κ3) is 8.38. The van der Waals surface area contributed by atoms with E-state index in [1.165, 1.54) is 44.4 Å². The lowest BCUT2D eigenvalue weighted by atomic mass is 9.75. The van der Waals surface area contributed by atoms with Crippen LogP contribution in [-0.4, -0.2) is 105 Å². The van der Waals surface area contributed by atoms with Gasteiger partial charge in [-0.15, -0.1) is 0 Å². The highest BCUT2D eigenvalue weighted by Crippen LogP contribution is 2.46. The van der Waals surface area contributed by atoms with E-state index < -0.39 is 39.3 Å². The Kier molecular flexibility index (Phi) is 11.7. The molecule has 0 aliphatic carbocycles. The molecule has 0 radical (unpaired) electrons. The van der Waals surface area contributed by atoms with Gasteiger partial charge in [-0.1, -0.05) is 24.3 Å². The van der Waals surface area contributed by atoms with E-state index in [9.17, 15) is 22.0 Å². The maximum absolute atomic E-state index is 15.0. The molecule has 0 bridgehead atoms. The third-order valence-corrected chi connectivity index (χ3v) is 11.5. The van der Waals surface area contributed by atoms with Gasteiger partial charge in [0.25, 0.3) is 16.0 Å². The van der Waals surface area contributed by atoms with Crippen molar-refractivity contribution in [2.45, 2.75) is 49.9 Å². The van der Waals surface area contributed by atoms with Crippen molar-refractivity contribution in [3.63, 3.8) is 0 Å². The number of nitrogens with one attached hydrogen (secondary N) is 1. The number of hydrogen-bond acceptors (Lipinski definition) is 11. The number of rotatable bonds is 14. The van der Waals surface area contributed by atoms with Gasteiger partial charge >= 0.3 is 0 Å². The normalized spacial score (nSPS) is 19.2. The fourth-order valence-electron chi connectivity index (χ4n) is 8.07. The summed E-state index contributed by atoms with van der Waals surface area (Å²) in [5.41, 5.74) is 2.05. The fourth-order valence-corrected chi connectivity index (χ4v) is 8.69. The average molecular weight is 805 g/mol. The Morgan fingerprint density at radius 3 is 2.28 bits per heavy atom. The number of pyridine rings is 1. The first-order valence-corrected chi connectivity index (χ1v) is 20.5. The molecule has 302 valence electrons. The molecule has 2 atom stereocenters. The van der Waals surface area contributed by atoms with Gasteiger partial charge in [-0.05, 0) is 86.3 Å². The van der Waals surface area contributed by atoms with Crippen molar-refractivity contribution in [3.8, 4) is 17.2 Å². The smallest absolute Gasteiger partial charge is 0.266 e. The molecule has 0 spiro atoms. The molecule has 2 unspecified atom stereocenters. The molecule has 3 aromatic carbocycles. The molecule has 13 nitrogen and oxygen atoms in total. The van der Waals surface area contributed by atoms with Gasteiger partial charge < -0.3 is 33.9 Å². The monoisotopic (exact) mass is 804 g/mol. The van der Waals surface area contributed by atoms with Gasteiger partial charge in [0.05, 0.1) is 50.9 Å². The van der Waals surface area contributed by atoms with E-state index in [1.807, 2.05) is 42.5 Å². The molecule has 2 fully saturated rings. The van der Waals surface area contributed by atoms with Crippen LogP contribution in [0.15, 0.2) is 79.0 Å². The molecule has 2 aliphatic rings. The summed E-state index contributed by atoms with van der Waals surface area (Å²) < 4.78 is 79.4. The second-order valence-electron chi connectivity index (χ2n) is 14.4. The zero-order valence-corrected chi connectivity index (χ0v) is 33.1. The van der Waals surface area contributed by atoms with Crippen LogP contribution in [0, 0.1) is 11.6 Å². The van der Waals surface area contributed by atoms with E-state index in [0.29, 0.717) is 31.7 Å². The van der Waals surface area contributed by atoms with Gasteiger partial charge in [0.1, 0.15) is 0 Å². The number of imidazole rings is 1. The minimum absolute atomic E-state index is 0.0696. The molecule has 57 heavy (non-hydrogen) atoms. The van der Waals surface area contributed by atoms with Crippen LogP contribution in [0.5, 0.6) is 17.2 Å². The van der Waals surface area contributed by atoms with Crippen LogP contribution < -0.4 is 19.5 Å². The van der Waals surface area contributed by atoms with Crippen LogP contribution in [0.4, 0.5) is 14.7 Å². The lowest BCUT2D eigenvalue weighted by molar-refractivity contribution is 0.0137. The molecular weight excluding hydrogens is 759 g/mol. The SMILES string of the molecule is COc1cc(C(=O)N2CCC(CCN3CCC(Nc4nc5ccccc5n4Cc4ccccn4)CC3)(c3ccc(F)c(F)c3)C2OS(C)(=O)=O)cc(OC)c1OC. The molecule has 2 aliphatic heterocycles. The average Bonchev–Trinajstić information content (AvgIpc) is 3.74. The Hall–Kier alpha value is -5.32. The van der Waals surface area contributed by atoms with Gasteiger partial charge in [-0.2, -0.15) is 8.42 Å². The summed E-state index contributed by atoms with van der Waals surface area (Å²) in [5, 5.41) is 3.68. The standard InChI is InChI=1S/C41H46F2N6O7S/c1-53-35-23-27(24-36(54-2)37(35)55-3)38(50)48-22-17-41(39(48)56-57(4,51)52,28-12-13-31(42)32(43)25-28)16-21-47-19-14-29(15-20-47)45-40-46-33-10-5-6-11-34(33)49(40)26-30-9-7-8-18-44-30/h5-13,18,23-25,29,39H,14-17,19-22,26H2,1-4H3,(H,45,46). The van der Waals surface area contributed by atoms with Crippen molar-refractivity contribution in [1.82, 2.24) is 24.3 Å². The number of fused-ring (bicyclic) bond motifs is 1. The Morgan fingerprint density at radius 1 is 0.912 bits per heavy atom. The molecule has 5 aromatic rings. The molecule has 4 heterocycles. The highest BCUT2D eigenvalue weighted by Gasteiger charge is 2.53. The van der Waals surface area contributed by atoms with Crippen molar-refractivity contribution < 1.29 is 40.4 Å². The zero-order valence-electron chi connectivity index (χ0n) is 32.3. The lowest BCUT2D eigenvalue weighted by Crippen LogP contribution is -2.50. The van der Waals surface area contributed by atoms with Crippen LogP contribution >= 0.6 is 0 Å². The van der Waals surface area contributed by atoms with Crippen molar-refractivity contribution in [1.29, 1.82) is 0 Å². The van der Waals surface area contributed by atoms with E-state index in [4.69, 9.17) is 23.4 Å². The number of aromatic nitrogens is 3. The first-order chi connectivity index (χ1) is 27.4. The first-order valence-electron chi connectivity index (χ1n) is 18.7. The quantitative estimate of drug-likeness (QED) is 0.136. The van der Waals surface area contributed by atoms with Crippen molar-refractivity contribution in [2.24, 2.45) is 0 Å². The number of methoxy groups -OCH3 is 3. The summed E-state index contributed by atoms with van der Waals surface area (Å²) in [6, 6.07) is 20.5. The summed E-state index contributed by atoms with van der Waals surface area (Å²) in [6.07, 6.45) is 3.40. The Labute approximate surface area is 330 Å². The predicted octanol–water partition coefficient (Wildman–Crippen LogP) is 5.84. The van der Waals surface area contributed by atoms with E-state index in [1.54, 1.807) is 6.20 Å². The van der Waals surface area contributed by atoms with Crippen molar-refractivity contribution >= 4 is 33.0 Å². The number of para-hydroxylation sites is 2. The molecule has 0 saturated carbocycles. The van der Waals surface area contributed by atoms with E-state index in [-0.39, 0.29) is 48.2 Å². The van der Waals surface area contributed by atoms with Crippen LogP contribution in [0.3, 0.4) is 0 Å². The number of benzene rings is 3. The Bertz CT molecular complexity index is 2310. The largest absolute Gasteiger partial charge is 0.493 e. The number of carbonyl (C=O) groups is 1. The highest BCUT2D eigenvalue weighted by molar-refractivity contribution is 7.86. The summed E-state index contributed by atoms with van der Waals surface area (Å²) >= 11 is 0. The minimum atomic E-state index is -4.17. The molecule has 1 N–H and O–H groups in total. The number of ether oxygens (including phenoxy) is 3. The first kappa shape index (κ1) is 39.9. The number of halogens is 2. The van der Waals surface area contributed by atoms with Crippen LogP contribution in [0.2, 0.25) is 0 Å². The van der Waals surface area contributed by atoms with Crippen molar-refractivity contribution in [3.05, 3.63) is 107 Å². The third-order valence-electron chi connectivity index (χ3n) is 11.0. The number of piperidine rings is 1. The summed E-state index contributed by atoms with van der Waals surface area (Å²) in [4.78, 5) is 27.4. The molecule has 2 saturated heterocycles. The van der Waals surface area contributed by atoms with Gasteiger partial charge in [0.2, 0.25) is 11.7 Å². The fraction of sp³-hybridized carbons (Fsp3) is 0.390. The van der Waals surface area contributed by atoms with Crippen molar-refractivity contribution in [2.75, 3.05) is 59.1 Å². The number of amides is 1. The predicted molar refractivity (Wildman–Crippen MR) is 210 cm³/mol. The topological polar surface area (TPSA) is 137 Å². The molecular formula is C41H46F2N6O7S. The second kappa shape index (κ2) is 16.6. The van der Waals surface area contributed by atoms with Gasteiger partial charge in [0, 0.05) is 42.9 Å². The van der Waals surface area contributed by atoms with Gasteiger partial charge in [-0.25, -0.2) is 17.9 Å². The van der Waals surface area contributed by atoms with E-state index >= 15 is 0 Å². The van der Waals surface area contributed by atoms with E-state index in [2.05, 4.69) is 19.8 Å². The van der Waals surface area contributed by atoms with E-state index in [0.717, 1.165) is 53.9 Å². The minimum Gasteiger partial charge on any atom is -0.493 e. The number of anilines is 1. The Balaban J connectivity index is 1.13. The summed E-state index contributed by atoms with van der Waals surface area (Å²) in [6.45, 7) is 2.51. The number of likely N-dealkylation sites (tertiary alicyclic amines) is 2. The Morgan fingerprint density at radius 2 is 1.63 bits per heavy atom. The molecule has 2 aromatic heterocycles. The summed E-state index contributed by atoms with van der Waals surface area (Å²) in [7, 11) is 0.114. The number of nitrogens with zero attached hydrogens (tertiary/aromatic N) is 5. The number of carbonyl (C=O) groups excluding carboxylic acids is 1. The molecule has 1 amide bonds. The van der Waals surface area contributed by atoms with Gasteiger partial charge in [0.15, 0.2) is 29.4 Å². The number of hydrogen-bond donors (Lipinski definition) is 1. The molecule has 16 heteroatoms. The second-order valence-corrected chi connectivity index (χ2v) is 16.0. The molecule has 7 rings (SSSR count). The van der Waals surface area contributed by atoms with Crippen LogP contribution in [0.1, 0.15) is 47.3 Å².